The number of amides is 1. The molecule has 1 amide bonds. The lowest BCUT2D eigenvalue weighted by atomic mass is 10.1. The minimum atomic E-state index is -2.20. The second-order valence-electron chi connectivity index (χ2n) is 13.4. The smallest absolute Gasteiger partial charge is 0.410 e. The molecule has 1 saturated heterocycles. The Labute approximate surface area is 261 Å². The summed E-state index contributed by atoms with van der Waals surface area (Å²) in [6.45, 7) is 18.2. The van der Waals surface area contributed by atoms with E-state index in [-0.39, 0.29) is 28.4 Å². The van der Waals surface area contributed by atoms with Gasteiger partial charge in [-0.2, -0.15) is 0 Å². The van der Waals surface area contributed by atoms with Gasteiger partial charge in [-0.25, -0.2) is 14.8 Å². The van der Waals surface area contributed by atoms with Gasteiger partial charge in [0.2, 0.25) is 0 Å². The Hall–Kier alpha value is -2.73. The van der Waals surface area contributed by atoms with Crippen LogP contribution >= 0.6 is 11.6 Å². The molecule has 2 heterocycles. The van der Waals surface area contributed by atoms with Crippen LogP contribution in [0, 0.1) is 0 Å². The average molecular weight is 635 g/mol. The number of aldehydes is 1. The Bertz CT molecular complexity index is 1260. The molecule has 238 valence electrons. The fourth-order valence-corrected chi connectivity index (χ4v) is 5.72. The van der Waals surface area contributed by atoms with E-state index < -0.39 is 26.1 Å². The van der Waals surface area contributed by atoms with Crippen molar-refractivity contribution in [2.24, 2.45) is 0 Å². The number of hydrogen-bond acceptors (Lipinski definition) is 9. The Balaban J connectivity index is 1.81. The van der Waals surface area contributed by atoms with Crippen molar-refractivity contribution in [2.75, 3.05) is 38.7 Å². The molecule has 1 aliphatic heterocycles. The van der Waals surface area contributed by atoms with Crippen LogP contribution in [0.2, 0.25) is 23.3 Å². The van der Waals surface area contributed by atoms with Gasteiger partial charge in [-0.1, -0.05) is 44.5 Å². The van der Waals surface area contributed by atoms with E-state index >= 15 is 0 Å². The monoisotopic (exact) mass is 634 g/mol. The van der Waals surface area contributed by atoms with E-state index in [0.717, 1.165) is 12.8 Å². The number of likely N-dealkylation sites (N-methyl/N-ethyl adjacent to an activating group) is 1. The summed E-state index contributed by atoms with van der Waals surface area (Å²) in [5.74, 6) is 1.35. The molecule has 3 rings (SSSR count). The van der Waals surface area contributed by atoms with E-state index in [1.54, 1.807) is 7.05 Å². The summed E-state index contributed by atoms with van der Waals surface area (Å²) in [4.78, 5) is 35.1. The Morgan fingerprint density at radius 3 is 2.47 bits per heavy atom. The van der Waals surface area contributed by atoms with E-state index in [1.165, 1.54) is 4.90 Å². The fourth-order valence-electron chi connectivity index (χ4n) is 4.17. The van der Waals surface area contributed by atoms with Gasteiger partial charge in [-0.3, -0.25) is 4.79 Å². The quantitative estimate of drug-likeness (QED) is 0.161. The van der Waals surface area contributed by atoms with Gasteiger partial charge in [0, 0.05) is 31.9 Å². The maximum Gasteiger partial charge on any atom is 0.410 e. The van der Waals surface area contributed by atoms with Gasteiger partial charge in [0.15, 0.2) is 20.4 Å². The van der Waals surface area contributed by atoms with Crippen LogP contribution in [-0.2, 0) is 13.9 Å². The predicted molar refractivity (Wildman–Crippen MR) is 172 cm³/mol. The number of aromatic nitrogens is 2. The highest BCUT2D eigenvalue weighted by molar-refractivity contribution is 6.74. The van der Waals surface area contributed by atoms with Gasteiger partial charge < -0.3 is 28.9 Å². The summed E-state index contributed by atoms with van der Waals surface area (Å²) in [5, 5.41) is 3.39. The number of nitrogens with one attached hydrogen (secondary N) is 1. The summed E-state index contributed by atoms with van der Waals surface area (Å²) in [7, 11) is -0.494. The molecule has 43 heavy (non-hydrogen) atoms. The number of carbonyl (C=O) groups is 2. The molecule has 0 spiro atoms. The first-order chi connectivity index (χ1) is 20.0. The topological polar surface area (TPSA) is 112 Å². The molecule has 10 nitrogen and oxygen atoms in total. The highest BCUT2D eigenvalue weighted by Gasteiger charge is 2.40. The summed E-state index contributed by atoms with van der Waals surface area (Å²) >= 11 is 6.42. The maximum atomic E-state index is 12.7. The van der Waals surface area contributed by atoms with Crippen LogP contribution in [0.5, 0.6) is 5.75 Å². The number of benzene rings is 1. The third-order valence-electron chi connectivity index (χ3n) is 7.56. The van der Waals surface area contributed by atoms with Crippen molar-refractivity contribution in [3.8, 4) is 17.1 Å². The SMILES string of the molecule is CN(CC(COc1cccc(-c2nc(Cl)c(C=O)c(NC3CCOCC3)n2)c1)O[Si](C)(C)C(C)(C)C)C(=O)OC(C)(C)C. The van der Waals surface area contributed by atoms with Crippen molar-refractivity contribution in [1.82, 2.24) is 14.9 Å². The number of hydrogen-bond donors (Lipinski definition) is 1. The number of anilines is 1. The van der Waals surface area contributed by atoms with Gasteiger partial charge in [0.1, 0.15) is 28.9 Å². The van der Waals surface area contributed by atoms with Crippen molar-refractivity contribution in [3.05, 3.63) is 35.0 Å². The maximum absolute atomic E-state index is 12.7. The summed E-state index contributed by atoms with van der Waals surface area (Å²) in [6.07, 6.45) is 1.47. The predicted octanol–water partition coefficient (Wildman–Crippen LogP) is 6.84. The van der Waals surface area contributed by atoms with Crippen molar-refractivity contribution < 1.29 is 28.2 Å². The zero-order valence-corrected chi connectivity index (χ0v) is 28.7. The lowest BCUT2D eigenvalue weighted by molar-refractivity contribution is 0.0172. The third kappa shape index (κ3) is 10.2. The molecular formula is C31H47ClN4O6Si. The van der Waals surface area contributed by atoms with Crippen molar-refractivity contribution in [1.29, 1.82) is 0 Å². The number of rotatable bonds is 11. The molecule has 1 atom stereocenters. The first-order valence-corrected chi connectivity index (χ1v) is 18.0. The molecule has 1 aliphatic rings. The van der Waals surface area contributed by atoms with Crippen LogP contribution in [0.3, 0.4) is 0 Å². The highest BCUT2D eigenvalue weighted by atomic mass is 35.5. The van der Waals surface area contributed by atoms with Gasteiger partial charge >= 0.3 is 6.09 Å². The highest BCUT2D eigenvalue weighted by Crippen LogP contribution is 2.37. The molecule has 0 aliphatic carbocycles. The van der Waals surface area contributed by atoms with Gasteiger partial charge in [-0.15, -0.1) is 0 Å². The first-order valence-electron chi connectivity index (χ1n) is 14.7. The second kappa shape index (κ2) is 14.4. The van der Waals surface area contributed by atoms with E-state index in [4.69, 9.17) is 30.2 Å². The summed E-state index contributed by atoms with van der Waals surface area (Å²) < 4.78 is 23.9. The molecule has 0 saturated carbocycles. The van der Waals surface area contributed by atoms with Gasteiger partial charge in [0.25, 0.3) is 0 Å². The van der Waals surface area contributed by atoms with Crippen LogP contribution in [0.1, 0.15) is 64.7 Å². The molecule has 1 aromatic carbocycles. The fraction of sp³-hybridized carbons (Fsp3) is 0.613. The molecule has 12 heteroatoms. The van der Waals surface area contributed by atoms with Crippen LogP contribution in [-0.4, -0.2) is 86.7 Å². The van der Waals surface area contributed by atoms with E-state index in [1.807, 2.05) is 45.0 Å². The summed E-state index contributed by atoms with van der Waals surface area (Å²) in [6, 6.07) is 7.49. The number of nitrogens with zero attached hydrogens (tertiary/aromatic N) is 3. The normalized spacial score (nSPS) is 15.5. The standard InChI is InChI=1S/C31H47ClN4O6Si/c1-30(2,3)41-29(38)36(7)18-24(42-43(8,9)31(4,5)6)20-40-23-12-10-11-21(17-23)27-34-26(32)25(19-37)28(35-27)33-22-13-15-39-16-14-22/h10-12,17,19,22,24H,13-16,18,20H2,1-9H3,(H,33,34,35). The molecule has 1 unspecified atom stereocenters. The molecule has 1 N–H and O–H groups in total. The van der Waals surface area contributed by atoms with Crippen LogP contribution < -0.4 is 10.1 Å². The average Bonchev–Trinajstić information content (AvgIpc) is 2.90. The lowest BCUT2D eigenvalue weighted by Gasteiger charge is -2.40. The number of carbonyl (C=O) groups excluding carboxylic acids is 2. The molecule has 0 radical (unpaired) electrons. The lowest BCUT2D eigenvalue weighted by Crippen LogP contribution is -2.49. The second-order valence-corrected chi connectivity index (χ2v) is 18.6. The number of halogens is 1. The van der Waals surface area contributed by atoms with E-state index in [9.17, 15) is 9.59 Å². The molecule has 1 aromatic heterocycles. The van der Waals surface area contributed by atoms with Crippen molar-refractivity contribution in [2.45, 2.75) is 90.3 Å². The Morgan fingerprint density at radius 1 is 1.19 bits per heavy atom. The van der Waals surface area contributed by atoms with E-state index in [2.05, 4.69) is 49.1 Å². The van der Waals surface area contributed by atoms with Gasteiger partial charge in [-0.05, 0) is 63.9 Å². The minimum Gasteiger partial charge on any atom is -0.491 e. The first kappa shape index (κ1) is 34.8. The van der Waals surface area contributed by atoms with Crippen molar-refractivity contribution in [3.63, 3.8) is 0 Å². The Kier molecular flexibility index (Phi) is 11.6. The van der Waals surface area contributed by atoms with Crippen LogP contribution in [0.25, 0.3) is 11.4 Å². The number of ether oxygens (including phenoxy) is 3. The van der Waals surface area contributed by atoms with Gasteiger partial charge in [0.05, 0.1) is 18.2 Å². The third-order valence-corrected chi connectivity index (χ3v) is 12.4. The van der Waals surface area contributed by atoms with Crippen molar-refractivity contribution >= 4 is 38.1 Å². The minimum absolute atomic E-state index is 0.0314. The largest absolute Gasteiger partial charge is 0.491 e. The van der Waals surface area contributed by atoms with Crippen LogP contribution in [0.15, 0.2) is 24.3 Å². The molecular weight excluding hydrogens is 588 g/mol. The molecule has 0 bridgehead atoms. The zero-order valence-electron chi connectivity index (χ0n) is 27.0. The van der Waals surface area contributed by atoms with E-state index in [0.29, 0.717) is 49.0 Å². The van der Waals surface area contributed by atoms with Crippen LogP contribution in [0.4, 0.5) is 10.6 Å². The summed E-state index contributed by atoms with van der Waals surface area (Å²) in [5.41, 5.74) is 0.302. The molecule has 1 fully saturated rings. The zero-order chi connectivity index (χ0) is 32.0. The molecule has 2 aromatic rings. The Morgan fingerprint density at radius 2 is 1.86 bits per heavy atom.